The van der Waals surface area contributed by atoms with E-state index < -0.39 is 191 Å². The van der Waals surface area contributed by atoms with Crippen LogP contribution in [-0.4, -0.2) is 186 Å². The second-order valence-corrected chi connectivity index (χ2v) is 29.0. The highest BCUT2D eigenvalue weighted by atomic mass is 28.4. The largest absolute Gasteiger partial charge is 0.463 e. The van der Waals surface area contributed by atoms with Gasteiger partial charge in [-0.05, 0) is 68.4 Å². The zero-order valence-electron chi connectivity index (χ0n) is 53.4. The summed E-state index contributed by atoms with van der Waals surface area (Å²) in [6.45, 7) is 24.6. The number of ether oxygens (including phenoxy) is 17. The SMILES string of the molecule is CC(=O)OC[C@H]1O[C@@H](O[C@H]2[C@H](O[C@@H]3O[C@@H](C)[C@@H](OC(C)=O)[C@@H](OC(C)=O)[C@@H]3OCc3ccccc3)[C@@H](N=[N+]=[N-])[C@H](O[Si](C)(C)C(C)(C)C(C)C)O[C@@H]2COC(C)=O)[C@H](O[C@@H]2O[C@@H](C)[C@@H](OC(C)=O)[C@@H](OC(C)=O)[C@@H]2OCc2ccccc2)[C@H]2OC(C)(C)O[C@H]21. The molecule has 0 bridgehead atoms. The Hall–Kier alpha value is -5.69. The summed E-state index contributed by atoms with van der Waals surface area (Å²) in [7, 11) is -3.04. The normalized spacial score (nSPS) is 33.6. The van der Waals surface area contributed by atoms with Gasteiger partial charge in [-0.2, -0.15) is 0 Å². The number of benzene rings is 2. The maximum absolute atomic E-state index is 13.1. The van der Waals surface area contributed by atoms with Gasteiger partial charge < -0.3 is 85.0 Å². The Balaban J connectivity index is 1.43. The van der Waals surface area contributed by atoms with E-state index in [9.17, 15) is 34.3 Å². The van der Waals surface area contributed by atoms with E-state index in [1.807, 2.05) is 25.2 Å². The molecule has 28 heteroatoms. The molecule has 27 nitrogen and oxygen atoms in total. The number of fused-ring (bicyclic) bond motifs is 1. The molecular formula is C61H87N3O24Si. The van der Waals surface area contributed by atoms with E-state index in [1.54, 1.807) is 76.2 Å². The molecular weight excluding hydrogens is 1190 g/mol. The Morgan fingerprint density at radius 1 is 0.551 bits per heavy atom. The van der Waals surface area contributed by atoms with E-state index in [2.05, 4.69) is 37.7 Å². The highest BCUT2D eigenvalue weighted by Gasteiger charge is 2.62. The Bertz CT molecular complexity index is 2770. The Kier molecular flexibility index (Phi) is 24.3. The van der Waals surface area contributed by atoms with Crippen LogP contribution < -0.4 is 0 Å². The number of carbonyl (C=O) groups is 6. The van der Waals surface area contributed by atoms with Gasteiger partial charge in [0.25, 0.3) is 0 Å². The van der Waals surface area contributed by atoms with E-state index in [0.29, 0.717) is 11.1 Å². The molecule has 0 radical (unpaired) electrons. The monoisotopic (exact) mass is 1270 g/mol. The predicted octanol–water partition coefficient (Wildman–Crippen LogP) is 6.96. The summed E-state index contributed by atoms with van der Waals surface area (Å²) in [6, 6.07) is 16.5. The van der Waals surface area contributed by atoms with E-state index in [0.717, 1.165) is 0 Å². The lowest BCUT2D eigenvalue weighted by molar-refractivity contribution is -0.387. The van der Waals surface area contributed by atoms with Crippen LogP contribution in [0.5, 0.6) is 0 Å². The van der Waals surface area contributed by atoms with Crippen molar-refractivity contribution in [2.45, 2.75) is 257 Å². The molecule has 0 aromatic heterocycles. The average Bonchev–Trinajstić information content (AvgIpc) is 1.80. The second-order valence-electron chi connectivity index (χ2n) is 24.5. The number of rotatable bonds is 25. The van der Waals surface area contributed by atoms with E-state index in [-0.39, 0.29) is 19.1 Å². The zero-order valence-corrected chi connectivity index (χ0v) is 54.4. The lowest BCUT2D eigenvalue weighted by Gasteiger charge is -2.52. The smallest absolute Gasteiger partial charge is 0.303 e. The summed E-state index contributed by atoms with van der Waals surface area (Å²) in [6.07, 6.45) is -26.4. The summed E-state index contributed by atoms with van der Waals surface area (Å²) in [5.74, 6) is -5.66. The van der Waals surface area contributed by atoms with Crippen molar-refractivity contribution in [2.24, 2.45) is 11.0 Å². The van der Waals surface area contributed by atoms with Crippen LogP contribution in [0.1, 0.15) is 108 Å². The molecule has 0 unspecified atom stereocenters. The summed E-state index contributed by atoms with van der Waals surface area (Å²) < 4.78 is 117. The fourth-order valence-electron chi connectivity index (χ4n) is 11.3. The third-order valence-corrected chi connectivity index (χ3v) is 21.1. The quantitative estimate of drug-likeness (QED) is 0.0242. The average molecular weight is 1270 g/mol. The van der Waals surface area contributed by atoms with Gasteiger partial charge in [0, 0.05) is 46.5 Å². The molecule has 0 amide bonds. The van der Waals surface area contributed by atoms with Gasteiger partial charge in [0.1, 0.15) is 74.2 Å². The molecule has 7 rings (SSSR count). The van der Waals surface area contributed by atoms with Gasteiger partial charge in [0.05, 0.1) is 25.4 Å². The number of nitrogens with zero attached hydrogens (tertiary/aromatic N) is 3. The number of hydrogen-bond donors (Lipinski definition) is 0. The van der Waals surface area contributed by atoms with Crippen LogP contribution in [0.4, 0.5) is 0 Å². The summed E-state index contributed by atoms with van der Waals surface area (Å²) in [5, 5.41) is 3.85. The summed E-state index contributed by atoms with van der Waals surface area (Å²) in [4.78, 5) is 80.7. The van der Waals surface area contributed by atoms with Crippen LogP contribution in [-0.2, 0) is 127 Å². The van der Waals surface area contributed by atoms with Crippen LogP contribution in [0.15, 0.2) is 65.8 Å². The van der Waals surface area contributed by atoms with Gasteiger partial charge in [-0.1, -0.05) is 93.5 Å². The first-order valence-electron chi connectivity index (χ1n) is 29.8. The van der Waals surface area contributed by atoms with Crippen LogP contribution >= 0.6 is 0 Å². The molecule has 2 aromatic rings. The molecule has 0 aliphatic carbocycles. The molecule has 2 aromatic carbocycles. The maximum Gasteiger partial charge on any atom is 0.303 e. The highest BCUT2D eigenvalue weighted by Crippen LogP contribution is 2.48. The van der Waals surface area contributed by atoms with Crippen LogP contribution in [0.2, 0.25) is 18.1 Å². The number of azide groups is 1. The van der Waals surface area contributed by atoms with Crippen molar-refractivity contribution in [3.05, 3.63) is 82.2 Å². The molecule has 5 fully saturated rings. The van der Waals surface area contributed by atoms with Crippen LogP contribution in [0, 0.1) is 5.92 Å². The zero-order chi connectivity index (χ0) is 65.3. The van der Waals surface area contributed by atoms with Crippen molar-refractivity contribution in [1.29, 1.82) is 0 Å². The number of esters is 6. The van der Waals surface area contributed by atoms with Gasteiger partial charge in [0.2, 0.25) is 0 Å². The van der Waals surface area contributed by atoms with Gasteiger partial charge in [0.15, 0.2) is 63.7 Å². The second kappa shape index (κ2) is 30.6. The van der Waals surface area contributed by atoms with Crippen molar-refractivity contribution < 1.29 is 114 Å². The topological polar surface area (TPSA) is 317 Å². The van der Waals surface area contributed by atoms with Crippen molar-refractivity contribution in [2.75, 3.05) is 13.2 Å². The van der Waals surface area contributed by atoms with Gasteiger partial charge in [-0.25, -0.2) is 0 Å². The molecule has 0 N–H and O–H groups in total. The molecule has 5 aliphatic rings. The number of hydrogen-bond acceptors (Lipinski definition) is 25. The first-order valence-corrected chi connectivity index (χ1v) is 32.7. The minimum Gasteiger partial charge on any atom is -0.463 e. The molecule has 494 valence electrons. The lowest BCUT2D eigenvalue weighted by atomic mass is 9.94. The van der Waals surface area contributed by atoms with Crippen LogP contribution in [0.25, 0.3) is 10.4 Å². The van der Waals surface area contributed by atoms with E-state index in [1.165, 1.54) is 41.5 Å². The molecule has 0 spiro atoms. The van der Waals surface area contributed by atoms with Crippen molar-refractivity contribution in [3.63, 3.8) is 0 Å². The molecule has 0 saturated carbocycles. The van der Waals surface area contributed by atoms with Crippen molar-refractivity contribution >= 4 is 44.1 Å². The first kappa shape index (κ1) is 70.8. The van der Waals surface area contributed by atoms with Crippen molar-refractivity contribution in [3.8, 4) is 0 Å². The molecule has 89 heavy (non-hydrogen) atoms. The summed E-state index contributed by atoms with van der Waals surface area (Å²) >= 11 is 0. The predicted molar refractivity (Wildman–Crippen MR) is 310 cm³/mol. The van der Waals surface area contributed by atoms with Crippen molar-refractivity contribution in [1.82, 2.24) is 0 Å². The lowest BCUT2D eigenvalue weighted by Crippen LogP contribution is -2.69. The maximum atomic E-state index is 13.1. The van der Waals surface area contributed by atoms with Gasteiger partial charge >= 0.3 is 35.8 Å². The number of carbonyl (C=O) groups excluding carboxylic acids is 6. The fraction of sp³-hybridized carbons (Fsp3) is 0.705. The minimum atomic E-state index is -3.04. The van der Waals surface area contributed by atoms with Crippen LogP contribution in [0.3, 0.4) is 0 Å². The standard InChI is InChI=1S/C61H87N3O24Si/c1-31(2)60(11,12)89(15,16)88-56-44(63-64-62)49(84-57-53(73-27-40-23-19-17-20-24-40)50(79-38(9)69)45(32(3)75-57)77-36(7)67)47(42(81-56)29-71-34(5)65)83-59-55(52-48(86-61(13,14)87-52)43(82-59)30-72-35(6)66)85-58-54(74-28-41-25-21-18-22-26-41)51(80-39(10)70)46(33(4)76-58)78-37(8)68/h17-26,31-33,42-59H,27-30H2,1-16H3/t32-,33-,42+,43+,44+,45+,46+,47+,48-,49+,50+,51+,52-,53-,54-,55+,56-,57-,58-,59-/m0/s1. The molecule has 5 heterocycles. The van der Waals surface area contributed by atoms with E-state index >= 15 is 0 Å². The van der Waals surface area contributed by atoms with Gasteiger partial charge in [-0.3, -0.25) is 28.8 Å². The molecule has 5 saturated heterocycles. The molecule has 20 atom stereocenters. The van der Waals surface area contributed by atoms with E-state index in [4.69, 9.17) is 85.0 Å². The fourth-order valence-corrected chi connectivity index (χ4v) is 13.7. The Labute approximate surface area is 519 Å². The first-order chi connectivity index (χ1) is 41.9. The Morgan fingerprint density at radius 3 is 1.39 bits per heavy atom. The third-order valence-electron chi connectivity index (χ3n) is 16.6. The van der Waals surface area contributed by atoms with Gasteiger partial charge in [-0.15, -0.1) is 0 Å². The Morgan fingerprint density at radius 2 is 0.955 bits per heavy atom. The minimum absolute atomic E-state index is 0.0564. The summed E-state index contributed by atoms with van der Waals surface area (Å²) in [5.41, 5.74) is 12.0. The highest BCUT2D eigenvalue weighted by molar-refractivity contribution is 6.74. The third kappa shape index (κ3) is 18.1. The molecule has 5 aliphatic heterocycles.